The van der Waals surface area contributed by atoms with Gasteiger partial charge in [-0.2, -0.15) is 16.3 Å². The van der Waals surface area contributed by atoms with Crippen LogP contribution in [0.4, 0.5) is 13.9 Å². The summed E-state index contributed by atoms with van der Waals surface area (Å²) >= 11 is 2.16. The van der Waals surface area contributed by atoms with Gasteiger partial charge in [0.05, 0.1) is 0 Å². The van der Waals surface area contributed by atoms with Gasteiger partial charge in [0.15, 0.2) is 5.01 Å². The van der Waals surface area contributed by atoms with Gasteiger partial charge >= 0.3 is 0 Å². The molecule has 3 rings (SSSR count). The standard InChI is InChI=1S/C12H9F2N5O2S2/c13-9(14)11-17-18-12(23-11)15-7(20)1-2-8-16-10(19-21-8)6-3-4-22-5-6/h3-5,9H,1-2H2,(H,15,18,20). The molecule has 120 valence electrons. The second kappa shape index (κ2) is 6.87. The average Bonchev–Trinajstić information content (AvgIpc) is 3.25. The Labute approximate surface area is 136 Å². The Hall–Kier alpha value is -2.27. The molecule has 0 radical (unpaired) electrons. The van der Waals surface area contributed by atoms with Gasteiger partial charge in [-0.15, -0.1) is 10.2 Å². The van der Waals surface area contributed by atoms with E-state index in [1.165, 1.54) is 11.3 Å². The first-order valence-electron chi connectivity index (χ1n) is 6.38. The van der Waals surface area contributed by atoms with E-state index in [-0.39, 0.29) is 18.0 Å². The zero-order valence-corrected chi connectivity index (χ0v) is 13.0. The summed E-state index contributed by atoms with van der Waals surface area (Å²) in [5, 5.41) is 16.4. The highest BCUT2D eigenvalue weighted by atomic mass is 32.1. The van der Waals surface area contributed by atoms with Crippen LogP contribution in [-0.4, -0.2) is 26.2 Å². The highest BCUT2D eigenvalue weighted by Crippen LogP contribution is 2.25. The third kappa shape index (κ3) is 3.93. The van der Waals surface area contributed by atoms with Crippen molar-refractivity contribution < 1.29 is 18.1 Å². The lowest BCUT2D eigenvalue weighted by Crippen LogP contribution is -2.12. The number of alkyl halides is 2. The molecule has 0 aliphatic carbocycles. The highest BCUT2D eigenvalue weighted by molar-refractivity contribution is 7.15. The summed E-state index contributed by atoms with van der Waals surface area (Å²) in [6.07, 6.45) is -2.40. The van der Waals surface area contributed by atoms with Crippen LogP contribution < -0.4 is 5.32 Å². The first kappa shape index (κ1) is 15.6. The van der Waals surface area contributed by atoms with Gasteiger partial charge in [0.1, 0.15) is 0 Å². The quantitative estimate of drug-likeness (QED) is 0.728. The monoisotopic (exact) mass is 357 g/mol. The summed E-state index contributed by atoms with van der Waals surface area (Å²) in [5.41, 5.74) is 0.850. The van der Waals surface area contributed by atoms with Crippen molar-refractivity contribution in [2.45, 2.75) is 19.3 Å². The zero-order chi connectivity index (χ0) is 16.2. The second-order valence-corrected chi connectivity index (χ2v) is 6.11. The number of hydrogen-bond donors (Lipinski definition) is 1. The van der Waals surface area contributed by atoms with Crippen LogP contribution >= 0.6 is 22.7 Å². The predicted molar refractivity (Wildman–Crippen MR) is 79.4 cm³/mol. The molecule has 0 atom stereocenters. The maximum Gasteiger partial charge on any atom is 0.291 e. The molecule has 1 N–H and O–H groups in total. The average molecular weight is 357 g/mol. The van der Waals surface area contributed by atoms with Crippen LogP contribution in [0.2, 0.25) is 0 Å². The molecule has 0 aromatic carbocycles. The second-order valence-electron chi connectivity index (χ2n) is 4.32. The van der Waals surface area contributed by atoms with Gasteiger partial charge in [-0.05, 0) is 11.4 Å². The fourth-order valence-electron chi connectivity index (χ4n) is 1.64. The minimum absolute atomic E-state index is 0.0368. The minimum Gasteiger partial charge on any atom is -0.339 e. The van der Waals surface area contributed by atoms with Gasteiger partial charge in [-0.1, -0.05) is 16.5 Å². The molecule has 0 aliphatic rings. The van der Waals surface area contributed by atoms with E-state index in [0.717, 1.165) is 5.56 Å². The Morgan fingerprint density at radius 2 is 2.26 bits per heavy atom. The Bertz CT molecular complexity index is 787. The van der Waals surface area contributed by atoms with E-state index in [9.17, 15) is 13.6 Å². The molecule has 0 spiro atoms. The molecule has 7 nitrogen and oxygen atoms in total. The molecule has 1 amide bonds. The van der Waals surface area contributed by atoms with Crippen molar-refractivity contribution in [2.24, 2.45) is 0 Å². The van der Waals surface area contributed by atoms with Crippen LogP contribution in [0.5, 0.6) is 0 Å². The third-order valence-electron chi connectivity index (χ3n) is 2.69. The number of carbonyl (C=O) groups excluding carboxylic acids is 1. The van der Waals surface area contributed by atoms with Crippen LogP contribution in [0.1, 0.15) is 23.7 Å². The maximum absolute atomic E-state index is 12.4. The van der Waals surface area contributed by atoms with Gasteiger partial charge in [-0.25, -0.2) is 8.78 Å². The number of carbonyl (C=O) groups is 1. The number of hydrogen-bond acceptors (Lipinski definition) is 8. The number of aromatic nitrogens is 4. The summed E-state index contributed by atoms with van der Waals surface area (Å²) in [7, 11) is 0. The van der Waals surface area contributed by atoms with Crippen LogP contribution in [0.25, 0.3) is 11.4 Å². The Morgan fingerprint density at radius 3 is 2.96 bits per heavy atom. The van der Waals surface area contributed by atoms with E-state index in [1.54, 1.807) is 0 Å². The Morgan fingerprint density at radius 1 is 1.39 bits per heavy atom. The molecule has 0 saturated heterocycles. The molecule has 23 heavy (non-hydrogen) atoms. The van der Waals surface area contributed by atoms with E-state index in [2.05, 4.69) is 25.7 Å². The summed E-state index contributed by atoms with van der Waals surface area (Å²) in [4.78, 5) is 15.9. The first-order chi connectivity index (χ1) is 11.1. The summed E-state index contributed by atoms with van der Waals surface area (Å²) < 4.78 is 29.8. The Kier molecular flexibility index (Phi) is 4.67. The van der Waals surface area contributed by atoms with E-state index in [1.807, 2.05) is 16.8 Å². The molecule has 0 unspecified atom stereocenters. The largest absolute Gasteiger partial charge is 0.339 e. The number of nitrogens with one attached hydrogen (secondary N) is 1. The highest BCUT2D eigenvalue weighted by Gasteiger charge is 2.16. The van der Waals surface area contributed by atoms with Crippen molar-refractivity contribution in [1.29, 1.82) is 0 Å². The van der Waals surface area contributed by atoms with Crippen LogP contribution in [0, 0.1) is 0 Å². The van der Waals surface area contributed by atoms with Crippen molar-refractivity contribution in [3.63, 3.8) is 0 Å². The predicted octanol–water partition coefficient (Wildman–Crippen LogP) is 3.16. The minimum atomic E-state index is -2.70. The van der Waals surface area contributed by atoms with Crippen LogP contribution in [-0.2, 0) is 11.2 Å². The zero-order valence-electron chi connectivity index (χ0n) is 11.4. The lowest BCUT2D eigenvalue weighted by atomic mass is 10.3. The molecule has 0 bridgehead atoms. The fourth-order valence-corrected chi connectivity index (χ4v) is 2.89. The van der Waals surface area contributed by atoms with Gasteiger partial charge in [0.2, 0.25) is 22.8 Å². The lowest BCUT2D eigenvalue weighted by Gasteiger charge is -1.98. The number of rotatable bonds is 6. The van der Waals surface area contributed by atoms with Crippen molar-refractivity contribution in [2.75, 3.05) is 5.32 Å². The number of halogens is 2. The first-order valence-corrected chi connectivity index (χ1v) is 8.14. The van der Waals surface area contributed by atoms with E-state index >= 15 is 0 Å². The summed E-state index contributed by atoms with van der Waals surface area (Å²) in [5.74, 6) is 0.400. The number of aryl methyl sites for hydroxylation is 1. The maximum atomic E-state index is 12.4. The molecule has 0 aliphatic heterocycles. The topological polar surface area (TPSA) is 93.8 Å². The van der Waals surface area contributed by atoms with Crippen LogP contribution in [0.3, 0.4) is 0 Å². The number of thiophene rings is 1. The van der Waals surface area contributed by atoms with E-state index in [0.29, 0.717) is 23.1 Å². The summed E-state index contributed by atoms with van der Waals surface area (Å²) in [6, 6.07) is 1.86. The molecule has 3 aromatic heterocycles. The number of anilines is 1. The smallest absolute Gasteiger partial charge is 0.291 e. The summed E-state index contributed by atoms with van der Waals surface area (Å²) in [6.45, 7) is 0. The number of nitrogens with zero attached hydrogens (tertiary/aromatic N) is 4. The van der Waals surface area contributed by atoms with Crippen molar-refractivity contribution in [3.05, 3.63) is 27.7 Å². The Balaban J connectivity index is 1.52. The van der Waals surface area contributed by atoms with Gasteiger partial charge < -0.3 is 9.84 Å². The van der Waals surface area contributed by atoms with Crippen LogP contribution in [0.15, 0.2) is 21.3 Å². The molecular weight excluding hydrogens is 348 g/mol. The molecule has 0 fully saturated rings. The van der Waals surface area contributed by atoms with E-state index in [4.69, 9.17) is 4.52 Å². The SMILES string of the molecule is O=C(CCc1nc(-c2ccsc2)no1)Nc1nnc(C(F)F)s1. The normalized spacial score (nSPS) is 11.1. The molecule has 0 saturated carbocycles. The lowest BCUT2D eigenvalue weighted by molar-refractivity contribution is -0.116. The van der Waals surface area contributed by atoms with Gasteiger partial charge in [0.25, 0.3) is 6.43 Å². The van der Waals surface area contributed by atoms with Gasteiger partial charge in [0, 0.05) is 23.8 Å². The van der Waals surface area contributed by atoms with Crippen molar-refractivity contribution in [1.82, 2.24) is 20.3 Å². The van der Waals surface area contributed by atoms with E-state index < -0.39 is 17.3 Å². The molecular formula is C12H9F2N5O2S2. The molecule has 3 heterocycles. The number of amides is 1. The molecule has 3 aromatic rings. The van der Waals surface area contributed by atoms with Gasteiger partial charge in [-0.3, -0.25) is 4.79 Å². The van der Waals surface area contributed by atoms with Crippen molar-refractivity contribution >= 4 is 33.7 Å². The third-order valence-corrected chi connectivity index (χ3v) is 4.22. The van der Waals surface area contributed by atoms with Crippen molar-refractivity contribution in [3.8, 4) is 11.4 Å². The fraction of sp³-hybridized carbons (Fsp3) is 0.250. The molecule has 11 heteroatoms.